The van der Waals surface area contributed by atoms with Gasteiger partial charge in [0.05, 0.1) is 11.2 Å². The number of amides is 1. The first-order valence-corrected chi connectivity index (χ1v) is 13.6. The number of carbonyl (C=O) groups is 2. The molecule has 1 aromatic rings. The van der Waals surface area contributed by atoms with Crippen molar-refractivity contribution in [1.29, 1.82) is 0 Å². The van der Waals surface area contributed by atoms with E-state index in [0.29, 0.717) is 49.2 Å². The van der Waals surface area contributed by atoms with Crippen molar-refractivity contribution >= 4 is 29.6 Å². The molecule has 0 spiro atoms. The predicted octanol–water partition coefficient (Wildman–Crippen LogP) is 3.92. The largest absolute Gasteiger partial charge is 0.506 e. The minimum absolute atomic E-state index is 0.0596. The molecule has 4 saturated carbocycles. The van der Waals surface area contributed by atoms with Crippen LogP contribution in [-0.2, 0) is 4.74 Å². The van der Waals surface area contributed by atoms with Gasteiger partial charge in [0.2, 0.25) is 0 Å². The van der Waals surface area contributed by atoms with Gasteiger partial charge in [-0.15, -0.1) is 11.8 Å². The summed E-state index contributed by atoms with van der Waals surface area (Å²) < 4.78 is 4.92. The van der Waals surface area contributed by atoms with E-state index in [1.807, 2.05) is 12.1 Å². The average molecular weight is 490 g/mol. The number of ether oxygens (including phenoxy) is 1. The SMILES string of the molecule is CCCSc1nc(N2CCC(OC(=O)O)CC2)ccc1C(=O)N[C@H]1C2CC3CC1C[C@@](O)(C3)C2. The lowest BCUT2D eigenvalue weighted by atomic mass is 9.52. The third kappa shape index (κ3) is 4.87. The van der Waals surface area contributed by atoms with E-state index < -0.39 is 11.8 Å². The molecule has 5 fully saturated rings. The second-order valence-corrected chi connectivity index (χ2v) is 11.7. The van der Waals surface area contributed by atoms with Crippen LogP contribution in [0.2, 0.25) is 0 Å². The third-order valence-electron chi connectivity index (χ3n) is 8.11. The van der Waals surface area contributed by atoms with E-state index in [1.165, 1.54) is 0 Å². The standard InChI is InChI=1S/C25H35N3O5S/c1-2-9-34-23-19(3-4-20(26-23)28-7-5-18(6-8-28)33-24(30)31)22(29)27-21-16-10-15-11-17(21)14-25(32,12-15)13-16/h3-4,15-18,21,32H,2,5-14H2,1H3,(H,27,29)(H,30,31)/t15?,16?,17?,21-,25+. The smallest absolute Gasteiger partial charge is 0.450 e. The average Bonchev–Trinajstić information content (AvgIpc) is 2.79. The van der Waals surface area contributed by atoms with Crippen molar-refractivity contribution in [2.24, 2.45) is 17.8 Å². The second kappa shape index (κ2) is 9.57. The first-order chi connectivity index (χ1) is 16.3. The zero-order valence-electron chi connectivity index (χ0n) is 19.7. The van der Waals surface area contributed by atoms with Crippen LogP contribution in [0.1, 0.15) is 68.6 Å². The molecule has 9 heteroatoms. The fourth-order valence-corrected chi connectivity index (χ4v) is 7.75. The van der Waals surface area contributed by atoms with Crippen LogP contribution >= 0.6 is 11.8 Å². The minimum atomic E-state index is -1.22. The van der Waals surface area contributed by atoms with Crippen molar-refractivity contribution in [3.8, 4) is 0 Å². The quantitative estimate of drug-likeness (QED) is 0.390. The number of piperidine rings is 1. The Kier molecular flexibility index (Phi) is 6.68. The second-order valence-electron chi connectivity index (χ2n) is 10.6. The molecule has 1 aliphatic heterocycles. The summed E-state index contributed by atoms with van der Waals surface area (Å²) in [7, 11) is 0. The Bertz CT molecular complexity index is 919. The number of hydrogen-bond acceptors (Lipinski definition) is 7. The van der Waals surface area contributed by atoms with Gasteiger partial charge in [0, 0.05) is 32.0 Å². The van der Waals surface area contributed by atoms with Crippen LogP contribution in [0.5, 0.6) is 0 Å². The number of carbonyl (C=O) groups excluding carboxylic acids is 1. The van der Waals surface area contributed by atoms with Crippen LogP contribution in [0.3, 0.4) is 0 Å². The molecular weight excluding hydrogens is 454 g/mol. The molecule has 2 atom stereocenters. The summed E-state index contributed by atoms with van der Waals surface area (Å²) in [5.74, 6) is 2.99. The van der Waals surface area contributed by atoms with Gasteiger partial charge < -0.3 is 25.2 Å². The highest BCUT2D eigenvalue weighted by atomic mass is 32.2. The fraction of sp³-hybridized carbons (Fsp3) is 0.720. The maximum atomic E-state index is 13.4. The molecular formula is C25H35N3O5S. The van der Waals surface area contributed by atoms with E-state index in [2.05, 4.69) is 17.1 Å². The van der Waals surface area contributed by atoms with Crippen molar-refractivity contribution in [3.05, 3.63) is 17.7 Å². The number of nitrogens with zero attached hydrogens (tertiary/aromatic N) is 2. The number of aromatic nitrogens is 1. The number of rotatable bonds is 7. The van der Waals surface area contributed by atoms with Crippen LogP contribution in [0.15, 0.2) is 17.2 Å². The topological polar surface area (TPSA) is 112 Å². The van der Waals surface area contributed by atoms with Crippen molar-refractivity contribution in [1.82, 2.24) is 10.3 Å². The molecule has 8 nitrogen and oxygen atoms in total. The fourth-order valence-electron chi connectivity index (χ4n) is 6.88. The molecule has 3 N–H and O–H groups in total. The van der Waals surface area contributed by atoms with Crippen LogP contribution in [-0.4, -0.2) is 63.8 Å². The zero-order valence-corrected chi connectivity index (χ0v) is 20.6. The maximum Gasteiger partial charge on any atom is 0.506 e. The molecule has 6 rings (SSSR count). The molecule has 2 unspecified atom stereocenters. The summed E-state index contributed by atoms with van der Waals surface area (Å²) in [6.07, 6.45) is 5.52. The Labute approximate surface area is 204 Å². The molecule has 1 aromatic heterocycles. The summed E-state index contributed by atoms with van der Waals surface area (Å²) in [5, 5.41) is 23.8. The van der Waals surface area contributed by atoms with Crippen LogP contribution < -0.4 is 10.2 Å². The summed E-state index contributed by atoms with van der Waals surface area (Å²) in [4.78, 5) is 31.2. The number of anilines is 1. The van der Waals surface area contributed by atoms with Crippen LogP contribution in [0, 0.1) is 17.8 Å². The minimum Gasteiger partial charge on any atom is -0.450 e. The number of thioether (sulfide) groups is 1. The van der Waals surface area contributed by atoms with Gasteiger partial charge in [0.1, 0.15) is 16.9 Å². The van der Waals surface area contributed by atoms with E-state index in [-0.39, 0.29) is 18.1 Å². The molecule has 4 bridgehead atoms. The van der Waals surface area contributed by atoms with E-state index in [0.717, 1.165) is 55.1 Å². The molecule has 0 radical (unpaired) electrons. The van der Waals surface area contributed by atoms with Gasteiger partial charge in [-0.25, -0.2) is 9.78 Å². The Balaban J connectivity index is 1.28. The van der Waals surface area contributed by atoms with Crippen molar-refractivity contribution in [2.45, 2.75) is 81.1 Å². The number of pyridine rings is 1. The monoisotopic (exact) mass is 489 g/mol. The van der Waals surface area contributed by atoms with Gasteiger partial charge >= 0.3 is 6.16 Å². The van der Waals surface area contributed by atoms with Gasteiger partial charge in [0.25, 0.3) is 5.91 Å². The maximum absolute atomic E-state index is 13.4. The van der Waals surface area contributed by atoms with Gasteiger partial charge in [-0.05, 0) is 74.2 Å². The highest BCUT2D eigenvalue weighted by molar-refractivity contribution is 7.99. The van der Waals surface area contributed by atoms with Crippen molar-refractivity contribution < 1.29 is 24.5 Å². The summed E-state index contributed by atoms with van der Waals surface area (Å²) in [5.41, 5.74) is 0.116. The van der Waals surface area contributed by atoms with Gasteiger partial charge in [-0.1, -0.05) is 6.92 Å². The van der Waals surface area contributed by atoms with Crippen LogP contribution in [0.25, 0.3) is 0 Å². The van der Waals surface area contributed by atoms with Crippen LogP contribution in [0.4, 0.5) is 10.6 Å². The van der Waals surface area contributed by atoms with E-state index >= 15 is 0 Å². The van der Waals surface area contributed by atoms with Gasteiger partial charge in [-0.3, -0.25) is 4.79 Å². The Hall–Kier alpha value is -2.00. The Morgan fingerprint density at radius 3 is 2.53 bits per heavy atom. The summed E-state index contributed by atoms with van der Waals surface area (Å²) in [6.45, 7) is 3.46. The summed E-state index contributed by atoms with van der Waals surface area (Å²) >= 11 is 1.61. The van der Waals surface area contributed by atoms with Gasteiger partial charge in [-0.2, -0.15) is 0 Å². The molecule has 186 valence electrons. The van der Waals surface area contributed by atoms with E-state index in [9.17, 15) is 14.7 Å². The zero-order chi connectivity index (χ0) is 23.9. The van der Waals surface area contributed by atoms with E-state index in [4.69, 9.17) is 14.8 Å². The number of carboxylic acid groups (broad SMARTS) is 1. The lowest BCUT2D eigenvalue weighted by Crippen LogP contribution is -2.61. The molecule has 1 saturated heterocycles. The predicted molar refractivity (Wildman–Crippen MR) is 129 cm³/mol. The lowest BCUT2D eigenvalue weighted by molar-refractivity contribution is -0.136. The van der Waals surface area contributed by atoms with Gasteiger partial charge in [0.15, 0.2) is 0 Å². The lowest BCUT2D eigenvalue weighted by Gasteiger charge is -2.58. The first-order valence-electron chi connectivity index (χ1n) is 12.6. The number of hydrogen-bond donors (Lipinski definition) is 3. The molecule has 5 aliphatic rings. The Morgan fingerprint density at radius 1 is 1.21 bits per heavy atom. The Morgan fingerprint density at radius 2 is 1.91 bits per heavy atom. The third-order valence-corrected chi connectivity index (χ3v) is 9.30. The normalized spacial score (nSPS) is 32.6. The highest BCUT2D eigenvalue weighted by Crippen LogP contribution is 2.55. The highest BCUT2D eigenvalue weighted by Gasteiger charge is 2.55. The van der Waals surface area contributed by atoms with E-state index in [1.54, 1.807) is 11.8 Å². The molecule has 2 heterocycles. The molecule has 4 aliphatic carbocycles. The van der Waals surface area contributed by atoms with Crippen molar-refractivity contribution in [2.75, 3.05) is 23.7 Å². The molecule has 1 amide bonds. The van der Waals surface area contributed by atoms with Crippen molar-refractivity contribution in [3.63, 3.8) is 0 Å². The first kappa shape index (κ1) is 23.7. The number of nitrogens with one attached hydrogen (secondary N) is 1. The molecule has 34 heavy (non-hydrogen) atoms. The number of aliphatic hydroxyl groups is 1. The summed E-state index contributed by atoms with van der Waals surface area (Å²) in [6, 6.07) is 3.93. The molecule has 0 aromatic carbocycles.